The second kappa shape index (κ2) is 10.9. The van der Waals surface area contributed by atoms with E-state index in [1.807, 2.05) is 12.1 Å². The van der Waals surface area contributed by atoms with Crippen LogP contribution in [0.5, 0.6) is 0 Å². The Balaban J connectivity index is 1.41. The quantitative estimate of drug-likeness (QED) is 0.288. The van der Waals surface area contributed by atoms with Crippen LogP contribution in [0.15, 0.2) is 63.4 Å². The number of furan rings is 1. The van der Waals surface area contributed by atoms with E-state index in [0.717, 1.165) is 35.1 Å². The lowest BCUT2D eigenvalue weighted by Crippen LogP contribution is -2.20. The van der Waals surface area contributed by atoms with Crippen LogP contribution < -0.4 is 5.43 Å². The number of rotatable bonds is 8. The third-order valence-electron chi connectivity index (χ3n) is 5.40. The van der Waals surface area contributed by atoms with E-state index < -0.39 is 0 Å². The van der Waals surface area contributed by atoms with Crippen molar-refractivity contribution in [1.29, 1.82) is 0 Å². The normalized spacial score (nSPS) is 15.0. The summed E-state index contributed by atoms with van der Waals surface area (Å²) in [6, 6.07) is 12.4. The summed E-state index contributed by atoms with van der Waals surface area (Å²) in [4.78, 5) is 12.3. The van der Waals surface area contributed by atoms with Crippen LogP contribution in [0.1, 0.15) is 49.5 Å². The third kappa shape index (κ3) is 5.76. The Hall–Kier alpha value is -3.13. The zero-order chi connectivity index (χ0) is 22.2. The lowest BCUT2D eigenvalue weighted by molar-refractivity contribution is -0.118. The first-order valence-corrected chi connectivity index (χ1v) is 11.9. The average molecular weight is 450 g/mol. The van der Waals surface area contributed by atoms with E-state index in [2.05, 4.69) is 56.5 Å². The van der Waals surface area contributed by atoms with Crippen LogP contribution in [0.4, 0.5) is 0 Å². The number of aryl methyl sites for hydroxylation is 1. The monoisotopic (exact) mass is 449 g/mol. The Bertz CT molecular complexity index is 1060. The molecule has 1 aliphatic rings. The molecule has 8 heteroatoms. The molecule has 0 aliphatic heterocycles. The first-order valence-electron chi connectivity index (χ1n) is 10.9. The van der Waals surface area contributed by atoms with Gasteiger partial charge in [-0.25, -0.2) is 5.43 Å². The van der Waals surface area contributed by atoms with Crippen molar-refractivity contribution >= 4 is 30.0 Å². The zero-order valence-electron chi connectivity index (χ0n) is 18.1. The molecule has 0 atom stereocenters. The number of allylic oxidation sites excluding steroid dienone is 1. The zero-order valence-corrected chi connectivity index (χ0v) is 18.9. The molecule has 32 heavy (non-hydrogen) atoms. The predicted octanol–water partition coefficient (Wildman–Crippen LogP) is 5.26. The number of hydrogen-bond acceptors (Lipinski definition) is 6. The van der Waals surface area contributed by atoms with Crippen molar-refractivity contribution in [2.45, 2.75) is 50.2 Å². The number of thioether (sulfide) groups is 1. The molecule has 1 aromatic carbocycles. The topological polar surface area (TPSA) is 85.3 Å². The van der Waals surface area contributed by atoms with Gasteiger partial charge in [-0.15, -0.1) is 10.2 Å². The summed E-state index contributed by atoms with van der Waals surface area (Å²) in [5.74, 6) is 1.64. The van der Waals surface area contributed by atoms with Gasteiger partial charge >= 0.3 is 0 Å². The van der Waals surface area contributed by atoms with Gasteiger partial charge in [-0.2, -0.15) is 5.10 Å². The maximum atomic E-state index is 12.3. The van der Waals surface area contributed by atoms with E-state index in [0.29, 0.717) is 6.04 Å². The smallest absolute Gasteiger partial charge is 0.250 e. The molecule has 1 N–H and O–H groups in total. The summed E-state index contributed by atoms with van der Waals surface area (Å²) in [7, 11) is 0. The highest BCUT2D eigenvalue weighted by Gasteiger charge is 2.24. The molecule has 0 radical (unpaired) electrons. The van der Waals surface area contributed by atoms with Gasteiger partial charge in [-0.1, -0.05) is 60.9 Å². The summed E-state index contributed by atoms with van der Waals surface area (Å²) in [5.41, 5.74) is 4.81. The van der Waals surface area contributed by atoms with E-state index in [4.69, 9.17) is 4.42 Å². The van der Waals surface area contributed by atoms with E-state index in [1.54, 1.807) is 18.4 Å². The lowest BCUT2D eigenvalue weighted by atomic mass is 9.95. The summed E-state index contributed by atoms with van der Waals surface area (Å²) < 4.78 is 7.43. The summed E-state index contributed by atoms with van der Waals surface area (Å²) in [6.45, 7) is 2.07. The Morgan fingerprint density at radius 1 is 1.22 bits per heavy atom. The van der Waals surface area contributed by atoms with Crippen LogP contribution in [-0.2, 0) is 4.79 Å². The van der Waals surface area contributed by atoms with Crippen LogP contribution in [0, 0.1) is 6.92 Å². The molecule has 166 valence electrons. The molecule has 0 saturated heterocycles. The minimum absolute atomic E-state index is 0.187. The van der Waals surface area contributed by atoms with Crippen molar-refractivity contribution in [3.05, 3.63) is 60.1 Å². The molecular formula is C24H27N5O2S. The minimum atomic E-state index is -0.187. The van der Waals surface area contributed by atoms with Gasteiger partial charge in [0.15, 0.2) is 11.0 Å². The number of hydrogen-bond donors (Lipinski definition) is 1. The molecule has 3 aromatic rings. The fourth-order valence-electron chi connectivity index (χ4n) is 3.78. The molecule has 0 bridgehead atoms. The first kappa shape index (κ1) is 22.1. The van der Waals surface area contributed by atoms with Gasteiger partial charge in [-0.3, -0.25) is 9.36 Å². The number of hydrazone groups is 1. The molecule has 1 aliphatic carbocycles. The van der Waals surface area contributed by atoms with Gasteiger partial charge < -0.3 is 4.42 Å². The van der Waals surface area contributed by atoms with Gasteiger partial charge in [0.2, 0.25) is 0 Å². The minimum Gasteiger partial charge on any atom is -0.465 e. The number of carbonyl (C=O) groups is 1. The largest absolute Gasteiger partial charge is 0.465 e. The molecule has 2 heterocycles. The van der Waals surface area contributed by atoms with Crippen LogP contribution >= 0.6 is 11.8 Å². The van der Waals surface area contributed by atoms with Crippen molar-refractivity contribution in [2.75, 3.05) is 5.75 Å². The number of carbonyl (C=O) groups excluding carboxylic acids is 1. The van der Waals surface area contributed by atoms with Crippen molar-refractivity contribution in [2.24, 2.45) is 5.10 Å². The molecule has 7 nitrogen and oxygen atoms in total. The highest BCUT2D eigenvalue weighted by Crippen LogP contribution is 2.35. The lowest BCUT2D eigenvalue weighted by Gasteiger charge is -2.25. The molecule has 2 aromatic heterocycles. The maximum absolute atomic E-state index is 12.3. The number of nitrogens with zero attached hydrogens (tertiary/aromatic N) is 4. The van der Waals surface area contributed by atoms with Crippen molar-refractivity contribution in [1.82, 2.24) is 20.2 Å². The van der Waals surface area contributed by atoms with Crippen LogP contribution in [0.25, 0.3) is 17.5 Å². The molecule has 1 saturated carbocycles. The average Bonchev–Trinajstić information content (AvgIpc) is 3.48. The predicted molar refractivity (Wildman–Crippen MR) is 127 cm³/mol. The van der Waals surface area contributed by atoms with E-state index in [9.17, 15) is 4.79 Å². The van der Waals surface area contributed by atoms with Crippen LogP contribution in [-0.4, -0.2) is 32.6 Å². The molecule has 0 unspecified atom stereocenters. The Morgan fingerprint density at radius 2 is 2.03 bits per heavy atom. The maximum Gasteiger partial charge on any atom is 0.250 e. The summed E-state index contributed by atoms with van der Waals surface area (Å²) >= 11 is 1.40. The molecule has 0 spiro atoms. The fraction of sp³-hybridized carbons (Fsp3) is 0.333. The van der Waals surface area contributed by atoms with E-state index in [-0.39, 0.29) is 11.7 Å². The Labute approximate surface area is 192 Å². The summed E-state index contributed by atoms with van der Waals surface area (Å²) in [6.07, 6.45) is 12.5. The van der Waals surface area contributed by atoms with Gasteiger partial charge in [-0.05, 0) is 44.1 Å². The third-order valence-corrected chi connectivity index (χ3v) is 6.34. The second-order valence-electron chi connectivity index (χ2n) is 7.81. The Kier molecular flexibility index (Phi) is 7.55. The van der Waals surface area contributed by atoms with Crippen molar-refractivity contribution in [3.63, 3.8) is 0 Å². The summed E-state index contributed by atoms with van der Waals surface area (Å²) in [5, 5.41) is 13.7. The van der Waals surface area contributed by atoms with Gasteiger partial charge in [0.1, 0.15) is 5.76 Å². The highest BCUT2D eigenvalue weighted by atomic mass is 32.2. The molecule has 4 rings (SSSR count). The number of aromatic nitrogens is 3. The number of benzene rings is 1. The highest BCUT2D eigenvalue weighted by molar-refractivity contribution is 7.99. The van der Waals surface area contributed by atoms with Gasteiger partial charge in [0.05, 0.1) is 12.0 Å². The number of nitrogens with one attached hydrogen (secondary N) is 1. The molecular weight excluding hydrogens is 422 g/mol. The Morgan fingerprint density at radius 3 is 2.78 bits per heavy atom. The van der Waals surface area contributed by atoms with Crippen molar-refractivity contribution in [3.8, 4) is 11.4 Å². The first-order chi connectivity index (χ1) is 15.7. The van der Waals surface area contributed by atoms with Crippen molar-refractivity contribution < 1.29 is 9.21 Å². The van der Waals surface area contributed by atoms with Gasteiger partial charge in [0.25, 0.3) is 5.91 Å². The van der Waals surface area contributed by atoms with E-state index >= 15 is 0 Å². The number of amides is 1. The molecule has 1 fully saturated rings. The SMILES string of the molecule is Cc1ccc(-c2nnc(SCC(=O)N/N=C/C=C/c3ccco3)n2C2CCCCC2)cc1. The van der Waals surface area contributed by atoms with E-state index in [1.165, 1.54) is 42.8 Å². The van der Waals surface area contributed by atoms with Crippen LogP contribution in [0.3, 0.4) is 0 Å². The van der Waals surface area contributed by atoms with Gasteiger partial charge in [0, 0.05) is 17.8 Å². The second-order valence-corrected chi connectivity index (χ2v) is 8.75. The molecule has 1 amide bonds. The standard InChI is InChI=1S/C24H27N5O2S/c1-18-11-13-19(14-12-18)23-27-28-24(29(23)20-7-3-2-4-8-20)32-17-22(30)26-25-15-5-9-21-10-6-16-31-21/h5-6,9-16,20H,2-4,7-8,17H2,1H3,(H,26,30)/b9-5+,25-15+. The van der Waals surface area contributed by atoms with Crippen LogP contribution in [0.2, 0.25) is 0 Å². The fourth-order valence-corrected chi connectivity index (χ4v) is 4.58.